The summed E-state index contributed by atoms with van der Waals surface area (Å²) in [5, 5.41) is 40.0. The first-order chi connectivity index (χ1) is 15.4. The van der Waals surface area contributed by atoms with Crippen LogP contribution in [0.25, 0.3) is 0 Å². The number of methoxy groups -OCH3 is 1. The van der Waals surface area contributed by atoms with E-state index in [0.717, 1.165) is 12.0 Å². The monoisotopic (exact) mass is 426 g/mol. The van der Waals surface area contributed by atoms with E-state index in [9.17, 15) is 15.8 Å². The van der Waals surface area contributed by atoms with Crippen molar-refractivity contribution in [2.75, 3.05) is 7.11 Å². The average molecular weight is 426 g/mol. The summed E-state index contributed by atoms with van der Waals surface area (Å²) in [6.07, 6.45) is -0.265. The van der Waals surface area contributed by atoms with Gasteiger partial charge >= 0.3 is 0 Å². The summed E-state index contributed by atoms with van der Waals surface area (Å²) < 4.78 is 17.7. The van der Waals surface area contributed by atoms with E-state index in [1.807, 2.05) is 19.1 Å². The van der Waals surface area contributed by atoms with E-state index < -0.39 is 34.5 Å². The van der Waals surface area contributed by atoms with Gasteiger partial charge in [0.25, 0.3) is 0 Å². The van der Waals surface area contributed by atoms with Crippen LogP contribution in [0.5, 0.6) is 5.75 Å². The van der Waals surface area contributed by atoms with Gasteiger partial charge < -0.3 is 14.2 Å². The van der Waals surface area contributed by atoms with Gasteiger partial charge in [0.2, 0.25) is 17.1 Å². The van der Waals surface area contributed by atoms with Crippen molar-refractivity contribution >= 4 is 5.90 Å². The fourth-order valence-electron chi connectivity index (χ4n) is 5.08. The number of rotatable bonds is 4. The maximum atomic E-state index is 10.5. The van der Waals surface area contributed by atoms with Crippen molar-refractivity contribution in [2.24, 2.45) is 10.8 Å². The lowest BCUT2D eigenvalue weighted by molar-refractivity contribution is -0.253. The maximum absolute atomic E-state index is 10.5. The predicted octanol–water partition coefficient (Wildman–Crippen LogP) is 4.38. The van der Waals surface area contributed by atoms with Crippen LogP contribution in [0.2, 0.25) is 0 Å². The van der Waals surface area contributed by atoms with Crippen LogP contribution in [-0.4, -0.2) is 18.8 Å². The molecular formula is C25H22N4O3. The molecule has 32 heavy (non-hydrogen) atoms. The number of hydrogen-bond acceptors (Lipinski definition) is 7. The normalized spacial score (nSPS) is 29.8. The highest BCUT2D eigenvalue weighted by atomic mass is 16.7. The van der Waals surface area contributed by atoms with Crippen LogP contribution in [0.15, 0.2) is 48.5 Å². The Morgan fingerprint density at radius 3 is 2.25 bits per heavy atom. The second-order valence-electron chi connectivity index (χ2n) is 8.17. The Kier molecular flexibility index (Phi) is 4.93. The Labute approximate surface area is 186 Å². The van der Waals surface area contributed by atoms with Crippen LogP contribution in [0.3, 0.4) is 0 Å². The van der Waals surface area contributed by atoms with Crippen molar-refractivity contribution < 1.29 is 14.2 Å². The van der Waals surface area contributed by atoms with Crippen LogP contribution in [0.4, 0.5) is 0 Å². The molecule has 0 amide bonds. The molecule has 7 heteroatoms. The number of nitrogens with zero attached hydrogens (tertiary/aromatic N) is 3. The maximum Gasteiger partial charge on any atom is 0.219 e. The summed E-state index contributed by atoms with van der Waals surface area (Å²) in [6, 6.07) is 20.7. The third-order valence-electron chi connectivity index (χ3n) is 6.66. The van der Waals surface area contributed by atoms with Gasteiger partial charge in [-0.05, 0) is 23.6 Å². The molecule has 2 aromatic carbocycles. The van der Waals surface area contributed by atoms with Crippen molar-refractivity contribution in [3.63, 3.8) is 0 Å². The minimum absolute atomic E-state index is 0.450. The number of aryl methyl sites for hydroxylation is 1. The third-order valence-corrected chi connectivity index (χ3v) is 6.66. The second-order valence-corrected chi connectivity index (χ2v) is 8.17. The molecule has 4 unspecified atom stereocenters. The average Bonchev–Trinajstić information content (AvgIpc) is 3.01. The van der Waals surface area contributed by atoms with Gasteiger partial charge in [0, 0.05) is 12.5 Å². The van der Waals surface area contributed by atoms with Gasteiger partial charge in [-0.3, -0.25) is 5.41 Å². The van der Waals surface area contributed by atoms with Gasteiger partial charge in [0.05, 0.1) is 31.2 Å². The minimum Gasteiger partial charge on any atom is -0.496 e. The van der Waals surface area contributed by atoms with Crippen LogP contribution >= 0.6 is 0 Å². The lowest BCUT2D eigenvalue weighted by Gasteiger charge is -2.49. The summed E-state index contributed by atoms with van der Waals surface area (Å²) >= 11 is 0. The molecule has 4 atom stereocenters. The highest BCUT2D eigenvalue weighted by molar-refractivity contribution is 5.90. The lowest BCUT2D eigenvalue weighted by atomic mass is 9.52. The molecule has 2 saturated heterocycles. The Hall–Kier alpha value is -3.86. The van der Waals surface area contributed by atoms with E-state index in [1.165, 1.54) is 7.11 Å². The Morgan fingerprint density at radius 2 is 1.69 bits per heavy atom. The zero-order valence-corrected chi connectivity index (χ0v) is 18.0. The van der Waals surface area contributed by atoms with Gasteiger partial charge in [-0.1, -0.05) is 49.4 Å². The molecule has 2 aromatic rings. The van der Waals surface area contributed by atoms with Crippen molar-refractivity contribution in [3.8, 4) is 24.0 Å². The minimum atomic E-state index is -2.03. The molecule has 2 heterocycles. The number of ether oxygens (including phenoxy) is 3. The number of nitrogens with one attached hydrogen (secondary N) is 1. The van der Waals surface area contributed by atoms with Crippen molar-refractivity contribution in [1.29, 1.82) is 21.2 Å². The number of hydrogen-bond donors (Lipinski definition) is 1. The number of nitriles is 3. The van der Waals surface area contributed by atoms with Crippen LogP contribution in [0, 0.1) is 50.2 Å². The molecule has 2 aliphatic rings. The first kappa shape index (κ1) is 21.4. The molecule has 0 saturated carbocycles. The van der Waals surface area contributed by atoms with Gasteiger partial charge in [-0.15, -0.1) is 0 Å². The molecule has 0 radical (unpaired) electrons. The summed E-state index contributed by atoms with van der Waals surface area (Å²) in [6.45, 7) is 3.67. The first-order valence-corrected chi connectivity index (χ1v) is 10.3. The predicted molar refractivity (Wildman–Crippen MR) is 114 cm³/mol. The van der Waals surface area contributed by atoms with Crippen molar-refractivity contribution in [1.82, 2.24) is 0 Å². The highest BCUT2D eigenvalue weighted by Gasteiger charge is 2.80. The molecule has 160 valence electrons. The summed E-state index contributed by atoms with van der Waals surface area (Å²) in [5.74, 6) is -2.39. The number of benzene rings is 2. The first-order valence-electron chi connectivity index (χ1n) is 10.3. The van der Waals surface area contributed by atoms with Gasteiger partial charge in [-0.2, -0.15) is 15.8 Å². The van der Waals surface area contributed by atoms with E-state index >= 15 is 0 Å². The molecular weight excluding hydrogens is 404 g/mol. The summed E-state index contributed by atoms with van der Waals surface area (Å²) in [4.78, 5) is 0. The Morgan fingerprint density at radius 1 is 1.03 bits per heavy atom. The number of fused-ring (bicyclic) bond motifs is 2. The molecule has 2 bridgehead atoms. The Bertz CT molecular complexity index is 1190. The van der Waals surface area contributed by atoms with E-state index in [4.69, 9.17) is 19.6 Å². The number of para-hydroxylation sites is 1. The molecule has 0 aliphatic carbocycles. The molecule has 1 N–H and O–H groups in total. The van der Waals surface area contributed by atoms with Crippen LogP contribution in [0.1, 0.15) is 42.6 Å². The van der Waals surface area contributed by atoms with Crippen molar-refractivity contribution in [2.45, 2.75) is 38.1 Å². The van der Waals surface area contributed by atoms with Crippen LogP contribution < -0.4 is 4.74 Å². The largest absolute Gasteiger partial charge is 0.496 e. The standard InChI is InChI=1S/C25H22N4O3/c1-4-16-9-11-17(12-10-16)21-24(13-26,14-27)25(15-28)20(23(2,31-21)32-22(25)29)18-7-5-6-8-19(18)30-3/h5-12,20-21,29H,4H2,1-3H3. The van der Waals surface area contributed by atoms with E-state index in [1.54, 1.807) is 43.3 Å². The molecule has 7 nitrogen and oxygen atoms in total. The fraction of sp³-hybridized carbons (Fsp3) is 0.360. The van der Waals surface area contributed by atoms with Gasteiger partial charge in [0.15, 0.2) is 5.41 Å². The van der Waals surface area contributed by atoms with Crippen LogP contribution in [-0.2, 0) is 15.9 Å². The SMILES string of the molecule is CCc1ccc(C2OC3(C)OC(=N)C(C#N)(C3c3ccccc3OC)C2(C#N)C#N)cc1. The third kappa shape index (κ3) is 2.51. The smallest absolute Gasteiger partial charge is 0.219 e. The Balaban J connectivity index is 2.02. The van der Waals surface area contributed by atoms with E-state index in [2.05, 4.69) is 18.2 Å². The quantitative estimate of drug-likeness (QED) is 0.774. The second kappa shape index (κ2) is 7.38. The topological polar surface area (TPSA) is 123 Å². The van der Waals surface area contributed by atoms with Gasteiger partial charge in [-0.25, -0.2) is 0 Å². The zero-order valence-electron chi connectivity index (χ0n) is 18.0. The van der Waals surface area contributed by atoms with E-state index in [0.29, 0.717) is 16.9 Å². The van der Waals surface area contributed by atoms with Gasteiger partial charge in [0.1, 0.15) is 11.9 Å². The summed E-state index contributed by atoms with van der Waals surface area (Å²) in [7, 11) is 1.50. The molecule has 2 fully saturated rings. The zero-order chi connectivity index (χ0) is 23.1. The molecule has 0 spiro atoms. The lowest BCUT2D eigenvalue weighted by Crippen LogP contribution is -2.57. The highest BCUT2D eigenvalue weighted by Crippen LogP contribution is 2.70. The molecule has 2 aliphatic heterocycles. The van der Waals surface area contributed by atoms with Crippen molar-refractivity contribution in [3.05, 3.63) is 65.2 Å². The van der Waals surface area contributed by atoms with E-state index in [-0.39, 0.29) is 0 Å². The molecule has 4 rings (SSSR count). The fourth-order valence-corrected chi connectivity index (χ4v) is 5.08. The molecule has 0 aromatic heterocycles. The summed E-state index contributed by atoms with van der Waals surface area (Å²) in [5.41, 5.74) is -1.74.